The van der Waals surface area contributed by atoms with Crippen LogP contribution in [-0.2, 0) is 17.6 Å². The summed E-state index contributed by atoms with van der Waals surface area (Å²) in [5.41, 5.74) is 5.77. The predicted octanol–water partition coefficient (Wildman–Crippen LogP) is 4.28. The lowest BCUT2D eigenvalue weighted by molar-refractivity contribution is -0.115. The SMILES string of the molecule is O=C(CN1CCc2ccccc21)Nc1ccccc1Cc1ccccc1. The van der Waals surface area contributed by atoms with Crippen molar-refractivity contribution >= 4 is 17.3 Å². The van der Waals surface area contributed by atoms with Crippen LogP contribution in [0.5, 0.6) is 0 Å². The zero-order valence-corrected chi connectivity index (χ0v) is 14.7. The molecule has 3 heteroatoms. The van der Waals surface area contributed by atoms with Crippen LogP contribution in [0.4, 0.5) is 11.4 Å². The van der Waals surface area contributed by atoms with E-state index in [1.807, 2.05) is 42.5 Å². The standard InChI is InChI=1S/C23H22N2O/c26-23(17-25-15-14-19-10-5-7-13-22(19)25)24-21-12-6-4-11-20(21)16-18-8-2-1-3-9-18/h1-13H,14-17H2,(H,24,26). The van der Waals surface area contributed by atoms with Gasteiger partial charge in [0.15, 0.2) is 0 Å². The minimum Gasteiger partial charge on any atom is -0.362 e. The molecular weight excluding hydrogens is 320 g/mol. The highest BCUT2D eigenvalue weighted by molar-refractivity contribution is 5.95. The van der Waals surface area contributed by atoms with E-state index in [0.29, 0.717) is 6.54 Å². The second-order valence-corrected chi connectivity index (χ2v) is 6.67. The molecule has 3 aromatic rings. The molecule has 26 heavy (non-hydrogen) atoms. The average molecular weight is 342 g/mol. The Kier molecular flexibility index (Phi) is 4.69. The van der Waals surface area contributed by atoms with E-state index in [-0.39, 0.29) is 5.91 Å². The molecular formula is C23H22N2O. The maximum atomic E-state index is 12.6. The lowest BCUT2D eigenvalue weighted by atomic mass is 10.0. The summed E-state index contributed by atoms with van der Waals surface area (Å²) in [4.78, 5) is 14.8. The Morgan fingerprint density at radius 2 is 1.62 bits per heavy atom. The van der Waals surface area contributed by atoms with Crippen LogP contribution in [0.25, 0.3) is 0 Å². The Morgan fingerprint density at radius 1 is 0.885 bits per heavy atom. The van der Waals surface area contributed by atoms with E-state index in [2.05, 4.69) is 46.6 Å². The van der Waals surface area contributed by atoms with Crippen molar-refractivity contribution in [1.29, 1.82) is 0 Å². The molecule has 0 atom stereocenters. The van der Waals surface area contributed by atoms with Gasteiger partial charge in [0.25, 0.3) is 0 Å². The van der Waals surface area contributed by atoms with E-state index in [0.717, 1.165) is 30.6 Å². The molecule has 3 nitrogen and oxygen atoms in total. The molecule has 130 valence electrons. The zero-order valence-electron chi connectivity index (χ0n) is 14.7. The fourth-order valence-electron chi connectivity index (χ4n) is 3.55. The summed E-state index contributed by atoms with van der Waals surface area (Å²) in [5.74, 6) is 0.0298. The number of fused-ring (bicyclic) bond motifs is 1. The zero-order chi connectivity index (χ0) is 17.8. The van der Waals surface area contributed by atoms with Gasteiger partial charge in [0, 0.05) is 17.9 Å². The van der Waals surface area contributed by atoms with Gasteiger partial charge < -0.3 is 10.2 Å². The maximum Gasteiger partial charge on any atom is 0.243 e. The van der Waals surface area contributed by atoms with Crippen LogP contribution in [0, 0.1) is 0 Å². The van der Waals surface area contributed by atoms with Crippen LogP contribution >= 0.6 is 0 Å². The molecule has 1 heterocycles. The van der Waals surface area contributed by atoms with Crippen molar-refractivity contribution in [3.05, 3.63) is 95.6 Å². The van der Waals surface area contributed by atoms with Gasteiger partial charge in [-0.3, -0.25) is 4.79 Å². The van der Waals surface area contributed by atoms with Gasteiger partial charge >= 0.3 is 0 Å². The quantitative estimate of drug-likeness (QED) is 0.751. The minimum atomic E-state index is 0.0298. The van der Waals surface area contributed by atoms with Crippen LogP contribution in [-0.4, -0.2) is 19.0 Å². The van der Waals surface area contributed by atoms with Crippen molar-refractivity contribution in [2.24, 2.45) is 0 Å². The molecule has 1 aliphatic heterocycles. The summed E-state index contributed by atoms with van der Waals surface area (Å²) in [5, 5.41) is 3.11. The summed E-state index contributed by atoms with van der Waals surface area (Å²) >= 11 is 0. The Balaban J connectivity index is 1.45. The first kappa shape index (κ1) is 16.4. The monoisotopic (exact) mass is 342 g/mol. The predicted molar refractivity (Wildman–Crippen MR) is 107 cm³/mol. The summed E-state index contributed by atoms with van der Waals surface area (Å²) in [6.07, 6.45) is 1.82. The van der Waals surface area contributed by atoms with E-state index in [1.54, 1.807) is 0 Å². The third kappa shape index (κ3) is 3.62. The molecule has 0 bridgehead atoms. The number of carbonyl (C=O) groups excluding carboxylic acids is 1. The first-order chi connectivity index (χ1) is 12.8. The van der Waals surface area contributed by atoms with Gasteiger partial charge in [0.1, 0.15) is 0 Å². The molecule has 1 N–H and O–H groups in total. The van der Waals surface area contributed by atoms with Gasteiger partial charge in [-0.25, -0.2) is 0 Å². The smallest absolute Gasteiger partial charge is 0.243 e. The Hall–Kier alpha value is -3.07. The fraction of sp³-hybridized carbons (Fsp3) is 0.174. The lowest BCUT2D eigenvalue weighted by Crippen LogP contribution is -2.32. The van der Waals surface area contributed by atoms with Gasteiger partial charge in [0.2, 0.25) is 5.91 Å². The minimum absolute atomic E-state index is 0.0298. The van der Waals surface area contributed by atoms with Gasteiger partial charge in [0.05, 0.1) is 6.54 Å². The fourth-order valence-corrected chi connectivity index (χ4v) is 3.55. The Morgan fingerprint density at radius 3 is 2.50 bits per heavy atom. The van der Waals surface area contributed by atoms with Crippen molar-refractivity contribution in [1.82, 2.24) is 0 Å². The molecule has 0 aliphatic carbocycles. The van der Waals surface area contributed by atoms with Gasteiger partial charge in [-0.15, -0.1) is 0 Å². The first-order valence-electron chi connectivity index (χ1n) is 9.04. The van der Waals surface area contributed by atoms with Crippen LogP contribution in [0.15, 0.2) is 78.9 Å². The lowest BCUT2D eigenvalue weighted by Gasteiger charge is -2.19. The third-order valence-corrected chi connectivity index (χ3v) is 4.85. The number of para-hydroxylation sites is 2. The number of nitrogens with zero attached hydrogens (tertiary/aromatic N) is 1. The highest BCUT2D eigenvalue weighted by Gasteiger charge is 2.20. The van der Waals surface area contributed by atoms with Crippen LogP contribution < -0.4 is 10.2 Å². The van der Waals surface area contributed by atoms with Crippen molar-refractivity contribution in [3.63, 3.8) is 0 Å². The molecule has 1 aliphatic rings. The van der Waals surface area contributed by atoms with Crippen LogP contribution in [0.2, 0.25) is 0 Å². The number of anilines is 2. The number of hydrogen-bond acceptors (Lipinski definition) is 2. The molecule has 0 unspecified atom stereocenters. The number of nitrogens with one attached hydrogen (secondary N) is 1. The van der Waals surface area contributed by atoms with E-state index in [1.165, 1.54) is 16.8 Å². The normalized spacial score (nSPS) is 12.7. The van der Waals surface area contributed by atoms with Gasteiger partial charge in [-0.05, 0) is 41.7 Å². The first-order valence-corrected chi connectivity index (χ1v) is 9.04. The molecule has 1 amide bonds. The second kappa shape index (κ2) is 7.44. The second-order valence-electron chi connectivity index (χ2n) is 6.67. The van der Waals surface area contributed by atoms with Crippen molar-refractivity contribution in [3.8, 4) is 0 Å². The highest BCUT2D eigenvalue weighted by Crippen LogP contribution is 2.27. The molecule has 0 fully saturated rings. The van der Waals surface area contributed by atoms with Crippen LogP contribution in [0.1, 0.15) is 16.7 Å². The molecule has 0 radical (unpaired) electrons. The molecule has 3 aromatic carbocycles. The van der Waals surface area contributed by atoms with Crippen molar-refractivity contribution < 1.29 is 4.79 Å². The molecule has 4 rings (SSSR count). The molecule has 0 spiro atoms. The molecule has 0 saturated heterocycles. The van der Waals surface area contributed by atoms with E-state index < -0.39 is 0 Å². The van der Waals surface area contributed by atoms with Crippen molar-refractivity contribution in [2.75, 3.05) is 23.3 Å². The largest absolute Gasteiger partial charge is 0.362 e. The summed E-state index contributed by atoms with van der Waals surface area (Å²) < 4.78 is 0. The van der Waals surface area contributed by atoms with Gasteiger partial charge in [-0.1, -0.05) is 66.7 Å². The number of rotatable bonds is 5. The van der Waals surface area contributed by atoms with Crippen molar-refractivity contribution in [2.45, 2.75) is 12.8 Å². The van der Waals surface area contributed by atoms with E-state index in [9.17, 15) is 4.79 Å². The number of hydrogen-bond donors (Lipinski definition) is 1. The summed E-state index contributed by atoms with van der Waals surface area (Å²) in [6.45, 7) is 1.29. The summed E-state index contributed by atoms with van der Waals surface area (Å²) in [6, 6.07) is 26.7. The van der Waals surface area contributed by atoms with Crippen LogP contribution in [0.3, 0.4) is 0 Å². The third-order valence-electron chi connectivity index (χ3n) is 4.85. The highest BCUT2D eigenvalue weighted by atomic mass is 16.2. The molecule has 0 saturated carbocycles. The topological polar surface area (TPSA) is 32.3 Å². The van der Waals surface area contributed by atoms with E-state index >= 15 is 0 Å². The summed E-state index contributed by atoms with van der Waals surface area (Å²) in [7, 11) is 0. The maximum absolute atomic E-state index is 12.6. The molecule has 0 aromatic heterocycles. The van der Waals surface area contributed by atoms with E-state index in [4.69, 9.17) is 0 Å². The Bertz CT molecular complexity index is 905. The Labute approximate surface area is 154 Å². The number of carbonyl (C=O) groups is 1. The number of benzene rings is 3. The average Bonchev–Trinajstić information content (AvgIpc) is 3.07. The van der Waals surface area contributed by atoms with Gasteiger partial charge in [-0.2, -0.15) is 0 Å². The number of amides is 1.